The Hall–Kier alpha value is -1.35. The largest absolute Gasteiger partial charge is 0.368 e. The van der Waals surface area contributed by atoms with E-state index in [9.17, 15) is 4.79 Å². The first-order valence-corrected chi connectivity index (χ1v) is 6.21. The van der Waals surface area contributed by atoms with Crippen LogP contribution in [0.3, 0.4) is 0 Å². The Morgan fingerprint density at radius 2 is 2.24 bits per heavy atom. The molecule has 1 amide bonds. The number of amides is 1. The van der Waals surface area contributed by atoms with E-state index < -0.39 is 0 Å². The van der Waals surface area contributed by atoms with E-state index in [-0.39, 0.29) is 12.0 Å². The van der Waals surface area contributed by atoms with Crippen molar-refractivity contribution in [2.75, 3.05) is 13.2 Å². The molecule has 3 heteroatoms. The first-order chi connectivity index (χ1) is 8.27. The molecule has 0 aromatic heterocycles. The summed E-state index contributed by atoms with van der Waals surface area (Å²) in [6.45, 7) is 3.50. The predicted octanol–water partition coefficient (Wildman–Crippen LogP) is 2.09. The zero-order chi connectivity index (χ0) is 12.1. The second kappa shape index (κ2) is 5.82. The Morgan fingerprint density at radius 3 is 2.88 bits per heavy atom. The monoisotopic (exact) mass is 233 g/mol. The van der Waals surface area contributed by atoms with Gasteiger partial charge in [0.05, 0.1) is 0 Å². The number of carbonyl (C=O) groups is 1. The van der Waals surface area contributed by atoms with Gasteiger partial charge in [-0.15, -0.1) is 0 Å². The topological polar surface area (TPSA) is 38.3 Å². The van der Waals surface area contributed by atoms with Crippen LogP contribution in [0.5, 0.6) is 0 Å². The second-order valence-electron chi connectivity index (χ2n) is 4.56. The van der Waals surface area contributed by atoms with Gasteiger partial charge in [-0.2, -0.15) is 0 Å². The molecular formula is C14H19NO2. The highest BCUT2D eigenvalue weighted by Gasteiger charge is 2.23. The third-order valence-electron chi connectivity index (χ3n) is 3.17. The summed E-state index contributed by atoms with van der Waals surface area (Å²) < 4.78 is 5.34. The van der Waals surface area contributed by atoms with Gasteiger partial charge in [-0.3, -0.25) is 4.79 Å². The molecular weight excluding hydrogens is 214 g/mol. The SMILES string of the molecule is CC(CNC(=O)C1CCCO1)c1ccccc1. The van der Waals surface area contributed by atoms with E-state index in [0.717, 1.165) is 12.8 Å². The normalized spacial score (nSPS) is 21.1. The number of rotatable bonds is 4. The van der Waals surface area contributed by atoms with Gasteiger partial charge >= 0.3 is 0 Å². The molecule has 17 heavy (non-hydrogen) atoms. The Kier molecular flexibility index (Phi) is 4.15. The van der Waals surface area contributed by atoms with Gasteiger partial charge in [0.2, 0.25) is 5.91 Å². The van der Waals surface area contributed by atoms with E-state index in [1.165, 1.54) is 5.56 Å². The lowest BCUT2D eigenvalue weighted by atomic mass is 10.0. The minimum absolute atomic E-state index is 0.0327. The lowest BCUT2D eigenvalue weighted by molar-refractivity contribution is -0.130. The van der Waals surface area contributed by atoms with Crippen molar-refractivity contribution in [1.82, 2.24) is 5.32 Å². The summed E-state index contributed by atoms with van der Waals surface area (Å²) in [4.78, 5) is 11.7. The van der Waals surface area contributed by atoms with Crippen molar-refractivity contribution in [2.24, 2.45) is 0 Å². The minimum atomic E-state index is -0.224. The molecule has 3 nitrogen and oxygen atoms in total. The molecule has 0 saturated carbocycles. The summed E-state index contributed by atoms with van der Waals surface area (Å²) in [7, 11) is 0. The van der Waals surface area contributed by atoms with Gasteiger partial charge in [0, 0.05) is 13.2 Å². The molecule has 2 unspecified atom stereocenters. The van der Waals surface area contributed by atoms with Crippen molar-refractivity contribution in [3.8, 4) is 0 Å². The lowest BCUT2D eigenvalue weighted by Crippen LogP contribution is -2.36. The Bertz CT molecular complexity index is 358. The van der Waals surface area contributed by atoms with Crippen LogP contribution in [0.4, 0.5) is 0 Å². The summed E-state index contributed by atoms with van der Waals surface area (Å²) in [5.41, 5.74) is 1.25. The molecule has 1 aliphatic heterocycles. The molecule has 2 atom stereocenters. The summed E-state index contributed by atoms with van der Waals surface area (Å²) in [6, 6.07) is 10.2. The molecule has 0 aliphatic carbocycles. The molecule has 1 fully saturated rings. The van der Waals surface area contributed by atoms with Crippen LogP contribution in [-0.4, -0.2) is 25.2 Å². The number of hydrogen-bond acceptors (Lipinski definition) is 2. The summed E-state index contributed by atoms with van der Waals surface area (Å²) in [5.74, 6) is 0.367. The van der Waals surface area contributed by atoms with Gasteiger partial charge in [-0.1, -0.05) is 37.3 Å². The van der Waals surface area contributed by atoms with Crippen LogP contribution >= 0.6 is 0 Å². The maximum absolute atomic E-state index is 11.7. The highest BCUT2D eigenvalue weighted by Crippen LogP contribution is 2.15. The van der Waals surface area contributed by atoms with Crippen molar-refractivity contribution < 1.29 is 9.53 Å². The summed E-state index contributed by atoms with van der Waals surface area (Å²) in [6.07, 6.45) is 1.62. The van der Waals surface area contributed by atoms with E-state index in [1.54, 1.807) is 0 Å². The number of carbonyl (C=O) groups excluding carboxylic acids is 1. The molecule has 0 bridgehead atoms. The van der Waals surface area contributed by atoms with E-state index in [1.807, 2.05) is 18.2 Å². The smallest absolute Gasteiger partial charge is 0.249 e. The fraction of sp³-hybridized carbons (Fsp3) is 0.500. The maximum atomic E-state index is 11.7. The molecule has 92 valence electrons. The van der Waals surface area contributed by atoms with Crippen LogP contribution in [0.25, 0.3) is 0 Å². The summed E-state index contributed by atoms with van der Waals surface area (Å²) in [5, 5.41) is 2.96. The predicted molar refractivity (Wildman–Crippen MR) is 66.8 cm³/mol. The maximum Gasteiger partial charge on any atom is 0.249 e. The van der Waals surface area contributed by atoms with Gasteiger partial charge in [-0.05, 0) is 24.3 Å². The zero-order valence-electron chi connectivity index (χ0n) is 10.2. The van der Waals surface area contributed by atoms with Crippen molar-refractivity contribution in [3.05, 3.63) is 35.9 Å². The quantitative estimate of drug-likeness (QED) is 0.864. The lowest BCUT2D eigenvalue weighted by Gasteiger charge is -2.15. The average molecular weight is 233 g/mol. The highest BCUT2D eigenvalue weighted by molar-refractivity contribution is 5.81. The highest BCUT2D eigenvalue weighted by atomic mass is 16.5. The number of hydrogen-bond donors (Lipinski definition) is 1. The van der Waals surface area contributed by atoms with Crippen LogP contribution < -0.4 is 5.32 Å². The Morgan fingerprint density at radius 1 is 1.47 bits per heavy atom. The van der Waals surface area contributed by atoms with Crippen molar-refractivity contribution in [2.45, 2.75) is 31.8 Å². The van der Waals surface area contributed by atoms with E-state index >= 15 is 0 Å². The van der Waals surface area contributed by atoms with Crippen molar-refractivity contribution in [1.29, 1.82) is 0 Å². The second-order valence-corrected chi connectivity index (χ2v) is 4.56. The molecule has 1 aromatic rings. The van der Waals surface area contributed by atoms with Gasteiger partial charge in [0.25, 0.3) is 0 Å². The van der Waals surface area contributed by atoms with Crippen molar-refractivity contribution in [3.63, 3.8) is 0 Å². The van der Waals surface area contributed by atoms with Crippen LogP contribution in [0.2, 0.25) is 0 Å². The zero-order valence-corrected chi connectivity index (χ0v) is 10.2. The number of benzene rings is 1. The fourth-order valence-corrected chi connectivity index (χ4v) is 2.05. The number of ether oxygens (including phenoxy) is 1. The van der Waals surface area contributed by atoms with Crippen LogP contribution in [0, 0.1) is 0 Å². The third-order valence-corrected chi connectivity index (χ3v) is 3.17. The Balaban J connectivity index is 1.80. The van der Waals surface area contributed by atoms with Crippen molar-refractivity contribution >= 4 is 5.91 Å². The molecule has 0 spiro atoms. The fourth-order valence-electron chi connectivity index (χ4n) is 2.05. The minimum Gasteiger partial charge on any atom is -0.368 e. The van der Waals surface area contributed by atoms with Gasteiger partial charge < -0.3 is 10.1 Å². The first kappa shape index (κ1) is 12.1. The van der Waals surface area contributed by atoms with Gasteiger partial charge in [0.15, 0.2) is 0 Å². The van der Waals surface area contributed by atoms with E-state index in [0.29, 0.717) is 19.1 Å². The van der Waals surface area contributed by atoms with E-state index in [4.69, 9.17) is 4.74 Å². The number of nitrogens with one attached hydrogen (secondary N) is 1. The van der Waals surface area contributed by atoms with Gasteiger partial charge in [-0.25, -0.2) is 0 Å². The van der Waals surface area contributed by atoms with Crippen LogP contribution in [0.1, 0.15) is 31.2 Å². The molecule has 1 heterocycles. The molecule has 1 saturated heterocycles. The molecule has 1 aromatic carbocycles. The molecule has 0 radical (unpaired) electrons. The average Bonchev–Trinajstić information content (AvgIpc) is 2.90. The summed E-state index contributed by atoms with van der Waals surface area (Å²) >= 11 is 0. The first-order valence-electron chi connectivity index (χ1n) is 6.21. The molecule has 2 rings (SSSR count). The standard InChI is InChI=1S/C14H19NO2/c1-11(12-6-3-2-4-7-12)10-15-14(16)13-8-5-9-17-13/h2-4,6-7,11,13H,5,8-10H2,1H3,(H,15,16). The van der Waals surface area contributed by atoms with Gasteiger partial charge in [0.1, 0.15) is 6.10 Å². The molecule has 1 aliphatic rings. The Labute approximate surface area is 102 Å². The molecule has 1 N–H and O–H groups in total. The third kappa shape index (κ3) is 3.30. The van der Waals surface area contributed by atoms with Crippen LogP contribution in [0.15, 0.2) is 30.3 Å². The van der Waals surface area contributed by atoms with Crippen LogP contribution in [-0.2, 0) is 9.53 Å². The van der Waals surface area contributed by atoms with E-state index in [2.05, 4.69) is 24.4 Å².